The third-order valence-electron chi connectivity index (χ3n) is 3.38. The molecule has 0 aliphatic carbocycles. The molecule has 0 saturated carbocycles. The average Bonchev–Trinajstić information content (AvgIpc) is 2.90. The number of hydrogen-bond acceptors (Lipinski definition) is 7. The van der Waals surface area contributed by atoms with Crippen LogP contribution < -0.4 is 11.5 Å². The zero-order chi connectivity index (χ0) is 16.7. The largest absolute Gasteiger partial charge is 0.388 e. The van der Waals surface area contributed by atoms with Crippen molar-refractivity contribution in [1.82, 2.24) is 9.55 Å². The Balaban J connectivity index is 2.16. The second kappa shape index (κ2) is 5.95. The first-order chi connectivity index (χ1) is 10.1. The molecule has 2 rings (SSSR count). The fourth-order valence-electron chi connectivity index (χ4n) is 2.26. The number of aromatic nitrogens is 2. The molecule has 8 N–H and O–H groups in total. The molecule has 0 radical (unpaired) electrons. The Bertz CT molecular complexity index is 614. The van der Waals surface area contributed by atoms with Crippen LogP contribution in [0.3, 0.4) is 0 Å². The first kappa shape index (κ1) is 16.9. The molecule has 1 fully saturated rings. The topological polar surface area (TPSA) is 194 Å². The van der Waals surface area contributed by atoms with E-state index in [-0.39, 0.29) is 17.9 Å². The Kier molecular flexibility index (Phi) is 4.57. The van der Waals surface area contributed by atoms with Gasteiger partial charge in [0.1, 0.15) is 18.0 Å². The molecule has 1 aromatic heterocycles. The van der Waals surface area contributed by atoms with Gasteiger partial charge in [-0.05, 0) is 6.42 Å². The van der Waals surface area contributed by atoms with Gasteiger partial charge in [0, 0.05) is 0 Å². The smallest absolute Gasteiger partial charge is 0.325 e. The van der Waals surface area contributed by atoms with Crippen LogP contribution in [0.1, 0.15) is 23.1 Å². The van der Waals surface area contributed by atoms with E-state index in [1.54, 1.807) is 0 Å². The summed E-state index contributed by atoms with van der Waals surface area (Å²) in [6.07, 6.45) is -4.43. The number of anilines is 1. The molecule has 1 saturated heterocycles. The minimum Gasteiger partial charge on any atom is -0.388 e. The van der Waals surface area contributed by atoms with Crippen molar-refractivity contribution in [3.63, 3.8) is 0 Å². The summed E-state index contributed by atoms with van der Waals surface area (Å²) >= 11 is 0. The average molecular weight is 336 g/mol. The fourth-order valence-corrected chi connectivity index (χ4v) is 2.85. The lowest BCUT2D eigenvalue weighted by molar-refractivity contribution is -0.0364. The highest BCUT2D eigenvalue weighted by Gasteiger charge is 2.44. The zero-order valence-electron chi connectivity index (χ0n) is 11.3. The Morgan fingerprint density at radius 1 is 1.41 bits per heavy atom. The summed E-state index contributed by atoms with van der Waals surface area (Å²) in [7, 11) is -4.25. The van der Waals surface area contributed by atoms with E-state index in [2.05, 4.69) is 4.98 Å². The number of imidazole rings is 1. The van der Waals surface area contributed by atoms with Crippen LogP contribution in [-0.2, 0) is 9.30 Å². The molecule has 12 heteroatoms. The minimum absolute atomic E-state index is 0.139. The predicted molar refractivity (Wildman–Crippen MR) is 72.6 cm³/mol. The van der Waals surface area contributed by atoms with Crippen LogP contribution in [0.5, 0.6) is 0 Å². The van der Waals surface area contributed by atoms with E-state index in [0.717, 1.165) is 10.9 Å². The summed E-state index contributed by atoms with van der Waals surface area (Å²) in [5.41, 5.74) is 10.6. The highest BCUT2D eigenvalue weighted by molar-refractivity contribution is 7.51. The van der Waals surface area contributed by atoms with Crippen LogP contribution in [0.25, 0.3) is 0 Å². The van der Waals surface area contributed by atoms with Crippen LogP contribution in [0.15, 0.2) is 6.33 Å². The highest BCUT2D eigenvalue weighted by Crippen LogP contribution is 2.39. The van der Waals surface area contributed by atoms with Crippen molar-refractivity contribution in [3.8, 4) is 0 Å². The van der Waals surface area contributed by atoms with Crippen LogP contribution in [0.4, 0.5) is 5.82 Å². The molecule has 1 amide bonds. The van der Waals surface area contributed by atoms with Gasteiger partial charge in [0.05, 0.1) is 18.6 Å². The number of amides is 1. The van der Waals surface area contributed by atoms with Crippen molar-refractivity contribution < 1.29 is 34.1 Å². The van der Waals surface area contributed by atoms with Crippen LogP contribution in [0, 0.1) is 0 Å². The predicted octanol–water partition coefficient (Wildman–Crippen LogP) is -2.25. The van der Waals surface area contributed by atoms with Gasteiger partial charge in [0.2, 0.25) is 0 Å². The molecule has 1 aromatic rings. The molecule has 0 spiro atoms. The first-order valence-corrected chi connectivity index (χ1v) is 8.10. The third kappa shape index (κ3) is 3.29. The Morgan fingerprint density at radius 3 is 2.55 bits per heavy atom. The van der Waals surface area contributed by atoms with Crippen LogP contribution in [0.2, 0.25) is 0 Å². The van der Waals surface area contributed by atoms with Gasteiger partial charge in [-0.15, -0.1) is 0 Å². The second-order valence-corrected chi connectivity index (χ2v) is 6.75. The van der Waals surface area contributed by atoms with Gasteiger partial charge in [0.25, 0.3) is 5.91 Å². The SMILES string of the molecule is NC(=O)c1ncn([C@@H]2O[C@H](CCP(=O)(O)O)[C@@H](O)[C@H]2O)c1N. The maximum absolute atomic E-state index is 11.1. The number of primary amides is 1. The number of carbonyl (C=O) groups excluding carboxylic acids is 1. The number of nitrogens with zero attached hydrogens (tertiary/aromatic N) is 2. The Morgan fingerprint density at radius 2 is 2.05 bits per heavy atom. The summed E-state index contributed by atoms with van der Waals surface area (Å²) in [6.45, 7) is 0. The molecular weight excluding hydrogens is 319 g/mol. The monoisotopic (exact) mass is 336 g/mol. The number of aliphatic hydroxyl groups is 2. The molecule has 2 heterocycles. The molecule has 1 aliphatic rings. The number of nitrogens with two attached hydrogens (primary N) is 2. The summed E-state index contributed by atoms with van der Waals surface area (Å²) in [5, 5.41) is 19.9. The third-order valence-corrected chi connectivity index (χ3v) is 4.22. The lowest BCUT2D eigenvalue weighted by atomic mass is 10.1. The van der Waals surface area contributed by atoms with E-state index in [1.807, 2.05) is 0 Å². The quantitative estimate of drug-likeness (QED) is 0.322. The van der Waals surface area contributed by atoms with Gasteiger partial charge >= 0.3 is 7.60 Å². The van der Waals surface area contributed by atoms with Crippen molar-refractivity contribution in [3.05, 3.63) is 12.0 Å². The molecule has 124 valence electrons. The Labute approximate surface area is 124 Å². The van der Waals surface area contributed by atoms with Gasteiger partial charge in [-0.2, -0.15) is 0 Å². The van der Waals surface area contributed by atoms with E-state index in [1.165, 1.54) is 0 Å². The highest BCUT2D eigenvalue weighted by atomic mass is 31.2. The lowest BCUT2D eigenvalue weighted by Gasteiger charge is -2.17. The number of rotatable bonds is 5. The number of nitrogen functional groups attached to an aromatic ring is 1. The van der Waals surface area contributed by atoms with Crippen molar-refractivity contribution in [2.75, 3.05) is 11.9 Å². The summed E-state index contributed by atoms with van der Waals surface area (Å²) < 4.78 is 17.4. The van der Waals surface area contributed by atoms with Gasteiger partial charge in [-0.1, -0.05) is 0 Å². The molecule has 4 atom stereocenters. The molecule has 0 aromatic carbocycles. The van der Waals surface area contributed by atoms with Crippen molar-refractivity contribution in [2.24, 2.45) is 5.73 Å². The molecule has 11 nitrogen and oxygen atoms in total. The van der Waals surface area contributed by atoms with Crippen LogP contribution in [-0.4, -0.2) is 59.9 Å². The number of ether oxygens (including phenoxy) is 1. The Hall–Kier alpha value is -1.49. The summed E-state index contributed by atoms with van der Waals surface area (Å²) in [6, 6.07) is 0. The fraction of sp³-hybridized carbons (Fsp3) is 0.600. The van der Waals surface area contributed by atoms with Crippen LogP contribution >= 0.6 is 7.60 Å². The van der Waals surface area contributed by atoms with E-state index >= 15 is 0 Å². The normalized spacial score (nSPS) is 28.9. The lowest BCUT2D eigenvalue weighted by Crippen LogP contribution is -2.32. The van der Waals surface area contributed by atoms with Gasteiger partial charge in [-0.3, -0.25) is 13.9 Å². The van der Waals surface area contributed by atoms with Crippen molar-refractivity contribution >= 4 is 19.3 Å². The zero-order valence-corrected chi connectivity index (χ0v) is 12.2. The van der Waals surface area contributed by atoms with Gasteiger partial charge < -0.3 is 36.2 Å². The summed E-state index contributed by atoms with van der Waals surface area (Å²) in [5.74, 6) is -0.998. The van der Waals surface area contributed by atoms with Gasteiger partial charge in [-0.25, -0.2) is 4.98 Å². The first-order valence-electron chi connectivity index (χ1n) is 6.30. The van der Waals surface area contributed by atoms with E-state index in [0.29, 0.717) is 0 Å². The molecule has 1 aliphatic heterocycles. The number of hydrogen-bond donors (Lipinski definition) is 6. The standard InChI is InChI=1S/C10H17N4O7P/c11-8-5(9(12)17)13-3-14(8)10-7(16)6(15)4(21-10)1-2-22(18,19)20/h3-4,6-7,10,15-16H,1-2,11H2,(H2,12,17)(H2,18,19,20)/t4-,6-,7-,10-/m1/s1. The molecular formula is C10H17N4O7P. The van der Waals surface area contributed by atoms with Crippen molar-refractivity contribution in [1.29, 1.82) is 0 Å². The number of carbonyl (C=O) groups is 1. The summed E-state index contributed by atoms with van der Waals surface area (Å²) in [4.78, 5) is 32.5. The van der Waals surface area contributed by atoms with E-state index < -0.39 is 44.2 Å². The van der Waals surface area contributed by atoms with E-state index in [4.69, 9.17) is 26.0 Å². The number of aliphatic hydroxyl groups excluding tert-OH is 2. The minimum atomic E-state index is -4.25. The molecule has 22 heavy (non-hydrogen) atoms. The maximum atomic E-state index is 11.1. The molecule has 0 bridgehead atoms. The maximum Gasteiger partial charge on any atom is 0.325 e. The van der Waals surface area contributed by atoms with E-state index in [9.17, 15) is 19.6 Å². The second-order valence-electron chi connectivity index (χ2n) is 4.97. The van der Waals surface area contributed by atoms with Crippen molar-refractivity contribution in [2.45, 2.75) is 31.0 Å². The van der Waals surface area contributed by atoms with Gasteiger partial charge in [0.15, 0.2) is 11.9 Å². The molecule has 0 unspecified atom stereocenters.